The second kappa shape index (κ2) is 7.52. The second-order valence-corrected chi connectivity index (χ2v) is 5.43. The molecule has 0 saturated heterocycles. The lowest BCUT2D eigenvalue weighted by Gasteiger charge is -2.17. The summed E-state index contributed by atoms with van der Waals surface area (Å²) in [7, 11) is 3.89. The van der Waals surface area contributed by atoms with Crippen LogP contribution in [-0.2, 0) is 4.79 Å². The molecule has 3 N–H and O–H groups in total. The minimum Gasteiger partial charge on any atom is -0.481 e. The van der Waals surface area contributed by atoms with Gasteiger partial charge in [0, 0.05) is 38.4 Å². The van der Waals surface area contributed by atoms with E-state index < -0.39 is 5.97 Å². The number of amides is 2. The summed E-state index contributed by atoms with van der Waals surface area (Å²) in [6, 6.07) is 5.34. The molecule has 0 bridgehead atoms. The van der Waals surface area contributed by atoms with Crippen LogP contribution >= 0.6 is 0 Å². The molecule has 0 saturated carbocycles. The fourth-order valence-corrected chi connectivity index (χ4v) is 1.98. The minimum atomic E-state index is -0.862. The summed E-state index contributed by atoms with van der Waals surface area (Å²) in [5, 5.41) is 14.1. The van der Waals surface area contributed by atoms with E-state index in [0.29, 0.717) is 12.2 Å². The number of carbonyl (C=O) groups is 2. The van der Waals surface area contributed by atoms with E-state index in [0.717, 1.165) is 11.3 Å². The van der Waals surface area contributed by atoms with E-state index in [-0.39, 0.29) is 18.4 Å². The smallest absolute Gasteiger partial charge is 0.319 e. The van der Waals surface area contributed by atoms with Gasteiger partial charge in [-0.3, -0.25) is 4.79 Å². The van der Waals surface area contributed by atoms with Crippen LogP contribution in [0.25, 0.3) is 0 Å². The highest BCUT2D eigenvalue weighted by Crippen LogP contribution is 2.22. The number of aryl methyl sites for hydroxylation is 1. The van der Waals surface area contributed by atoms with E-state index in [1.807, 2.05) is 44.1 Å². The lowest BCUT2D eigenvalue weighted by atomic mass is 10.1. The molecule has 1 aromatic carbocycles. The van der Waals surface area contributed by atoms with Crippen LogP contribution in [0, 0.1) is 12.8 Å². The first-order valence-corrected chi connectivity index (χ1v) is 6.84. The molecule has 1 unspecified atom stereocenters. The van der Waals surface area contributed by atoms with Crippen molar-refractivity contribution >= 4 is 23.4 Å². The summed E-state index contributed by atoms with van der Waals surface area (Å²) in [6.07, 6.45) is 0.0373. The molecular weight excluding hydrogens is 270 g/mol. The Balaban J connectivity index is 2.55. The molecule has 116 valence electrons. The zero-order valence-electron chi connectivity index (χ0n) is 12.9. The Bertz CT molecular complexity index is 515. The number of carboxylic acid groups (broad SMARTS) is 1. The quantitative estimate of drug-likeness (QED) is 0.751. The Morgan fingerprint density at radius 2 is 2.00 bits per heavy atom. The summed E-state index contributed by atoms with van der Waals surface area (Å²) in [4.78, 5) is 24.3. The molecule has 0 aliphatic rings. The number of benzene rings is 1. The Morgan fingerprint density at radius 1 is 1.33 bits per heavy atom. The van der Waals surface area contributed by atoms with Gasteiger partial charge >= 0.3 is 12.0 Å². The van der Waals surface area contributed by atoms with Crippen LogP contribution in [0.15, 0.2) is 18.2 Å². The molecule has 1 atom stereocenters. The van der Waals surface area contributed by atoms with Gasteiger partial charge in [0.1, 0.15) is 0 Å². The maximum Gasteiger partial charge on any atom is 0.319 e. The van der Waals surface area contributed by atoms with Crippen LogP contribution in [-0.4, -0.2) is 37.7 Å². The standard InChI is InChI=1S/C15H23N3O3/c1-10(7-14(19)20)9-16-15(21)17-12-6-5-11(2)13(8-12)18(3)4/h5-6,8,10H,7,9H2,1-4H3,(H,19,20)(H2,16,17,21). The second-order valence-electron chi connectivity index (χ2n) is 5.43. The summed E-state index contributed by atoms with van der Waals surface area (Å²) in [5.41, 5.74) is 2.86. The van der Waals surface area contributed by atoms with Crippen LogP contribution < -0.4 is 15.5 Å². The number of nitrogens with zero attached hydrogens (tertiary/aromatic N) is 1. The molecule has 0 heterocycles. The number of urea groups is 1. The Kier molecular flexibility index (Phi) is 6.02. The summed E-state index contributed by atoms with van der Waals surface area (Å²) in [6.45, 7) is 4.11. The van der Waals surface area contributed by atoms with Gasteiger partial charge in [-0.05, 0) is 30.5 Å². The summed E-state index contributed by atoms with van der Waals surface area (Å²) in [5.74, 6) is -0.970. The van der Waals surface area contributed by atoms with Crippen LogP contribution in [0.5, 0.6) is 0 Å². The molecule has 1 rings (SSSR count). The predicted molar refractivity (Wildman–Crippen MR) is 83.9 cm³/mol. The predicted octanol–water partition coefficient (Wildman–Crippen LogP) is 2.29. The number of rotatable bonds is 6. The highest BCUT2D eigenvalue weighted by molar-refractivity contribution is 5.90. The van der Waals surface area contributed by atoms with Gasteiger partial charge in [-0.2, -0.15) is 0 Å². The minimum absolute atomic E-state index is 0.0373. The van der Waals surface area contributed by atoms with Crippen LogP contribution in [0.2, 0.25) is 0 Å². The number of carbonyl (C=O) groups excluding carboxylic acids is 1. The normalized spacial score (nSPS) is 11.6. The number of nitrogens with one attached hydrogen (secondary N) is 2. The molecule has 0 aromatic heterocycles. The topological polar surface area (TPSA) is 81.7 Å². The van der Waals surface area contributed by atoms with E-state index in [2.05, 4.69) is 10.6 Å². The number of aliphatic carboxylic acids is 1. The number of anilines is 2. The first-order chi connectivity index (χ1) is 9.79. The van der Waals surface area contributed by atoms with Gasteiger partial charge in [-0.15, -0.1) is 0 Å². The third-order valence-corrected chi connectivity index (χ3v) is 3.08. The average molecular weight is 293 g/mol. The number of hydrogen-bond acceptors (Lipinski definition) is 3. The number of carboxylic acids is 1. The molecule has 6 nitrogen and oxygen atoms in total. The zero-order valence-corrected chi connectivity index (χ0v) is 12.9. The van der Waals surface area contributed by atoms with Crippen molar-refractivity contribution in [2.75, 3.05) is 30.9 Å². The van der Waals surface area contributed by atoms with Crippen LogP contribution in [0.3, 0.4) is 0 Å². The van der Waals surface area contributed by atoms with Crippen LogP contribution in [0.1, 0.15) is 18.9 Å². The van der Waals surface area contributed by atoms with Crippen molar-refractivity contribution < 1.29 is 14.7 Å². The Hall–Kier alpha value is -2.24. The number of hydrogen-bond donors (Lipinski definition) is 3. The monoisotopic (exact) mass is 293 g/mol. The molecule has 6 heteroatoms. The van der Waals surface area contributed by atoms with Crippen molar-refractivity contribution in [2.45, 2.75) is 20.3 Å². The van der Waals surface area contributed by atoms with Gasteiger partial charge < -0.3 is 20.6 Å². The highest BCUT2D eigenvalue weighted by Gasteiger charge is 2.10. The van der Waals surface area contributed by atoms with Gasteiger partial charge in [-0.25, -0.2) is 4.79 Å². The van der Waals surface area contributed by atoms with E-state index in [1.54, 1.807) is 6.92 Å². The first kappa shape index (κ1) is 16.8. The van der Waals surface area contributed by atoms with Crippen LogP contribution in [0.4, 0.5) is 16.2 Å². The molecule has 0 fully saturated rings. The van der Waals surface area contributed by atoms with E-state index in [9.17, 15) is 9.59 Å². The van der Waals surface area contributed by atoms with Crippen molar-refractivity contribution in [1.82, 2.24) is 5.32 Å². The van der Waals surface area contributed by atoms with E-state index >= 15 is 0 Å². The van der Waals surface area contributed by atoms with Crippen molar-refractivity contribution in [2.24, 2.45) is 5.92 Å². The van der Waals surface area contributed by atoms with Gasteiger partial charge in [0.2, 0.25) is 0 Å². The molecule has 21 heavy (non-hydrogen) atoms. The third-order valence-electron chi connectivity index (χ3n) is 3.08. The zero-order chi connectivity index (χ0) is 16.0. The molecule has 0 radical (unpaired) electrons. The van der Waals surface area contributed by atoms with E-state index in [1.165, 1.54) is 0 Å². The molecular formula is C15H23N3O3. The van der Waals surface area contributed by atoms with Crippen molar-refractivity contribution in [1.29, 1.82) is 0 Å². The summed E-state index contributed by atoms with van der Waals surface area (Å²) < 4.78 is 0. The Labute approximate surface area is 125 Å². The lowest BCUT2D eigenvalue weighted by Crippen LogP contribution is -2.33. The Morgan fingerprint density at radius 3 is 2.57 bits per heavy atom. The first-order valence-electron chi connectivity index (χ1n) is 6.84. The highest BCUT2D eigenvalue weighted by atomic mass is 16.4. The molecule has 0 spiro atoms. The average Bonchev–Trinajstić information content (AvgIpc) is 2.37. The fourth-order valence-electron chi connectivity index (χ4n) is 1.98. The summed E-state index contributed by atoms with van der Waals surface area (Å²) >= 11 is 0. The third kappa shape index (κ3) is 5.72. The van der Waals surface area contributed by atoms with Gasteiger partial charge in [0.15, 0.2) is 0 Å². The van der Waals surface area contributed by atoms with Crippen molar-refractivity contribution in [3.8, 4) is 0 Å². The van der Waals surface area contributed by atoms with Gasteiger partial charge in [0.25, 0.3) is 0 Å². The maximum absolute atomic E-state index is 11.8. The molecule has 0 aliphatic carbocycles. The van der Waals surface area contributed by atoms with Gasteiger partial charge in [0.05, 0.1) is 0 Å². The van der Waals surface area contributed by atoms with Crippen molar-refractivity contribution in [3.05, 3.63) is 23.8 Å². The van der Waals surface area contributed by atoms with Gasteiger partial charge in [-0.1, -0.05) is 13.0 Å². The molecule has 0 aliphatic heterocycles. The largest absolute Gasteiger partial charge is 0.481 e. The fraction of sp³-hybridized carbons (Fsp3) is 0.467. The SMILES string of the molecule is Cc1ccc(NC(=O)NCC(C)CC(=O)O)cc1N(C)C. The molecule has 1 aromatic rings. The van der Waals surface area contributed by atoms with E-state index in [4.69, 9.17) is 5.11 Å². The van der Waals surface area contributed by atoms with Crippen molar-refractivity contribution in [3.63, 3.8) is 0 Å². The molecule has 2 amide bonds. The lowest BCUT2D eigenvalue weighted by molar-refractivity contribution is -0.137. The maximum atomic E-state index is 11.8.